The second-order valence-electron chi connectivity index (χ2n) is 3.48. The van der Waals surface area contributed by atoms with Crippen LogP contribution in [0, 0.1) is 0 Å². The number of methoxy groups -OCH3 is 1. The van der Waals surface area contributed by atoms with Crippen molar-refractivity contribution in [2.45, 2.75) is 18.6 Å². The SMILES string of the molecule is CO[C@H]1CNC1Cc1ccccc1. The van der Waals surface area contributed by atoms with E-state index in [1.54, 1.807) is 7.11 Å². The van der Waals surface area contributed by atoms with Crippen LogP contribution in [0.4, 0.5) is 0 Å². The first-order valence-corrected chi connectivity index (χ1v) is 4.70. The van der Waals surface area contributed by atoms with Crippen molar-refractivity contribution in [3.63, 3.8) is 0 Å². The van der Waals surface area contributed by atoms with E-state index >= 15 is 0 Å². The third-order valence-electron chi connectivity index (χ3n) is 2.63. The molecule has 0 spiro atoms. The summed E-state index contributed by atoms with van der Waals surface area (Å²) in [6, 6.07) is 11.0. The molecule has 1 N–H and O–H groups in total. The molecule has 1 aromatic carbocycles. The molecule has 0 radical (unpaired) electrons. The van der Waals surface area contributed by atoms with E-state index in [0.29, 0.717) is 12.1 Å². The summed E-state index contributed by atoms with van der Waals surface area (Å²) in [6.07, 6.45) is 1.47. The van der Waals surface area contributed by atoms with Gasteiger partial charge in [-0.2, -0.15) is 0 Å². The maximum atomic E-state index is 5.31. The number of hydrogen-bond donors (Lipinski definition) is 1. The van der Waals surface area contributed by atoms with Crippen molar-refractivity contribution < 1.29 is 4.74 Å². The zero-order chi connectivity index (χ0) is 9.10. The maximum Gasteiger partial charge on any atom is 0.0851 e. The van der Waals surface area contributed by atoms with Gasteiger partial charge in [0.05, 0.1) is 6.10 Å². The maximum absolute atomic E-state index is 5.31. The Morgan fingerprint density at radius 3 is 2.69 bits per heavy atom. The predicted octanol–water partition coefficient (Wildman–Crippen LogP) is 1.22. The topological polar surface area (TPSA) is 21.3 Å². The molecular weight excluding hydrogens is 162 g/mol. The number of benzene rings is 1. The average molecular weight is 177 g/mol. The quantitative estimate of drug-likeness (QED) is 0.749. The van der Waals surface area contributed by atoms with Crippen molar-refractivity contribution in [1.29, 1.82) is 0 Å². The van der Waals surface area contributed by atoms with Crippen molar-refractivity contribution in [3.05, 3.63) is 35.9 Å². The van der Waals surface area contributed by atoms with Gasteiger partial charge in [0.1, 0.15) is 0 Å². The lowest BCUT2D eigenvalue weighted by molar-refractivity contribution is 0.0163. The molecule has 70 valence electrons. The van der Waals surface area contributed by atoms with E-state index in [4.69, 9.17) is 4.74 Å². The molecule has 13 heavy (non-hydrogen) atoms. The van der Waals surface area contributed by atoms with Crippen LogP contribution < -0.4 is 5.32 Å². The number of ether oxygens (including phenoxy) is 1. The van der Waals surface area contributed by atoms with Crippen LogP contribution >= 0.6 is 0 Å². The number of nitrogens with one attached hydrogen (secondary N) is 1. The fourth-order valence-corrected chi connectivity index (χ4v) is 1.70. The smallest absolute Gasteiger partial charge is 0.0851 e. The minimum Gasteiger partial charge on any atom is -0.378 e. The highest BCUT2D eigenvalue weighted by Crippen LogP contribution is 2.13. The van der Waals surface area contributed by atoms with Crippen LogP contribution in [0.3, 0.4) is 0 Å². The molecule has 0 saturated carbocycles. The Bertz CT molecular complexity index is 258. The lowest BCUT2D eigenvalue weighted by Gasteiger charge is -2.37. The van der Waals surface area contributed by atoms with Crippen LogP contribution in [0.25, 0.3) is 0 Å². The van der Waals surface area contributed by atoms with Gasteiger partial charge in [-0.15, -0.1) is 0 Å². The van der Waals surface area contributed by atoms with Crippen molar-refractivity contribution >= 4 is 0 Å². The van der Waals surface area contributed by atoms with Gasteiger partial charge in [-0.1, -0.05) is 30.3 Å². The van der Waals surface area contributed by atoms with Crippen molar-refractivity contribution in [1.82, 2.24) is 5.32 Å². The molecule has 1 aromatic rings. The molecule has 0 amide bonds. The van der Waals surface area contributed by atoms with E-state index < -0.39 is 0 Å². The second-order valence-corrected chi connectivity index (χ2v) is 3.48. The molecule has 1 heterocycles. The third-order valence-corrected chi connectivity index (χ3v) is 2.63. The molecular formula is C11H15NO. The molecule has 1 aliphatic heterocycles. The highest BCUT2D eigenvalue weighted by atomic mass is 16.5. The lowest BCUT2D eigenvalue weighted by atomic mass is 9.95. The fraction of sp³-hybridized carbons (Fsp3) is 0.455. The molecule has 1 aliphatic rings. The summed E-state index contributed by atoms with van der Waals surface area (Å²) >= 11 is 0. The highest BCUT2D eigenvalue weighted by Gasteiger charge is 2.29. The summed E-state index contributed by atoms with van der Waals surface area (Å²) in [5.74, 6) is 0. The van der Waals surface area contributed by atoms with Gasteiger partial charge in [-0.3, -0.25) is 0 Å². The minimum atomic E-state index is 0.403. The van der Waals surface area contributed by atoms with E-state index in [-0.39, 0.29) is 0 Å². The molecule has 2 nitrogen and oxygen atoms in total. The Labute approximate surface area is 78.9 Å². The molecule has 2 heteroatoms. The summed E-state index contributed by atoms with van der Waals surface area (Å²) < 4.78 is 5.31. The molecule has 0 bridgehead atoms. The first-order chi connectivity index (χ1) is 6.40. The zero-order valence-electron chi connectivity index (χ0n) is 7.86. The van der Waals surface area contributed by atoms with Gasteiger partial charge in [0.2, 0.25) is 0 Å². The third kappa shape index (κ3) is 1.90. The minimum absolute atomic E-state index is 0.403. The van der Waals surface area contributed by atoms with Crippen LogP contribution in [0.15, 0.2) is 30.3 Å². The average Bonchev–Trinajstić information content (AvgIpc) is 2.15. The van der Waals surface area contributed by atoms with Gasteiger partial charge in [0, 0.05) is 19.7 Å². The largest absolute Gasteiger partial charge is 0.378 e. The van der Waals surface area contributed by atoms with Gasteiger partial charge < -0.3 is 10.1 Å². The first kappa shape index (κ1) is 8.73. The van der Waals surface area contributed by atoms with Crippen molar-refractivity contribution in [3.8, 4) is 0 Å². The Morgan fingerprint density at radius 1 is 1.38 bits per heavy atom. The molecule has 2 rings (SSSR count). The van der Waals surface area contributed by atoms with Crippen molar-refractivity contribution in [2.75, 3.05) is 13.7 Å². The van der Waals surface area contributed by atoms with E-state index in [0.717, 1.165) is 13.0 Å². The molecule has 0 aliphatic carbocycles. The summed E-state index contributed by atoms with van der Waals surface area (Å²) in [4.78, 5) is 0. The van der Waals surface area contributed by atoms with Gasteiger partial charge in [0.15, 0.2) is 0 Å². The zero-order valence-corrected chi connectivity index (χ0v) is 7.86. The first-order valence-electron chi connectivity index (χ1n) is 4.70. The summed E-state index contributed by atoms with van der Waals surface area (Å²) in [6.45, 7) is 0.994. The van der Waals surface area contributed by atoms with Crippen LogP contribution in [-0.2, 0) is 11.2 Å². The Balaban J connectivity index is 1.92. The normalized spacial score (nSPS) is 26.8. The standard InChI is InChI=1S/C11H15NO/c1-13-11-8-12-10(11)7-9-5-3-2-4-6-9/h2-6,10-12H,7-8H2,1H3/t10?,11-/m0/s1. The van der Waals surface area contributed by atoms with E-state index in [1.165, 1.54) is 5.56 Å². The predicted molar refractivity (Wildman–Crippen MR) is 52.7 cm³/mol. The monoisotopic (exact) mass is 177 g/mol. The Morgan fingerprint density at radius 2 is 2.15 bits per heavy atom. The van der Waals surface area contributed by atoms with E-state index in [2.05, 4.69) is 29.6 Å². The molecule has 2 atom stereocenters. The van der Waals surface area contributed by atoms with Crippen LogP contribution in [0.5, 0.6) is 0 Å². The van der Waals surface area contributed by atoms with Crippen molar-refractivity contribution in [2.24, 2.45) is 0 Å². The fourth-order valence-electron chi connectivity index (χ4n) is 1.70. The molecule has 1 saturated heterocycles. The van der Waals surface area contributed by atoms with Gasteiger partial charge in [0.25, 0.3) is 0 Å². The lowest BCUT2D eigenvalue weighted by Crippen LogP contribution is -2.59. The Hall–Kier alpha value is -0.860. The van der Waals surface area contributed by atoms with E-state index in [1.807, 2.05) is 6.07 Å². The summed E-state index contributed by atoms with van der Waals surface area (Å²) in [7, 11) is 1.78. The molecule has 1 fully saturated rings. The number of hydrogen-bond acceptors (Lipinski definition) is 2. The number of rotatable bonds is 3. The summed E-state index contributed by atoms with van der Waals surface area (Å²) in [5, 5.41) is 3.37. The van der Waals surface area contributed by atoms with Gasteiger partial charge >= 0.3 is 0 Å². The van der Waals surface area contributed by atoms with Gasteiger partial charge in [-0.05, 0) is 12.0 Å². The second kappa shape index (κ2) is 3.90. The highest BCUT2D eigenvalue weighted by molar-refractivity contribution is 5.17. The van der Waals surface area contributed by atoms with Crippen LogP contribution in [0.2, 0.25) is 0 Å². The molecule has 1 unspecified atom stereocenters. The summed E-state index contributed by atoms with van der Waals surface area (Å²) in [5.41, 5.74) is 1.38. The van der Waals surface area contributed by atoms with Crippen LogP contribution in [0.1, 0.15) is 5.56 Å². The van der Waals surface area contributed by atoms with E-state index in [9.17, 15) is 0 Å². The Kier molecular flexibility index (Phi) is 2.62. The molecule has 0 aromatic heterocycles. The van der Waals surface area contributed by atoms with Gasteiger partial charge in [-0.25, -0.2) is 0 Å². The van der Waals surface area contributed by atoms with Crippen LogP contribution in [-0.4, -0.2) is 25.8 Å².